The summed E-state index contributed by atoms with van der Waals surface area (Å²) in [6, 6.07) is 0. The molecule has 5 nitrogen and oxygen atoms in total. The van der Waals surface area contributed by atoms with Crippen molar-refractivity contribution in [2.45, 2.75) is 19.2 Å². The SMILES string of the molecule is COc1c(CC(=O)O)cnc(OC(F)(F)F)c1C(F)F. The van der Waals surface area contributed by atoms with Crippen LogP contribution in [0.15, 0.2) is 6.20 Å². The van der Waals surface area contributed by atoms with Crippen molar-refractivity contribution in [2.24, 2.45) is 0 Å². The van der Waals surface area contributed by atoms with Crippen LogP contribution in [0, 0.1) is 0 Å². The van der Waals surface area contributed by atoms with Gasteiger partial charge in [0.15, 0.2) is 0 Å². The number of hydrogen-bond donors (Lipinski definition) is 1. The van der Waals surface area contributed by atoms with E-state index >= 15 is 0 Å². The zero-order valence-electron chi connectivity index (χ0n) is 9.87. The van der Waals surface area contributed by atoms with Crippen LogP contribution in [0.1, 0.15) is 17.6 Å². The number of halogens is 5. The summed E-state index contributed by atoms with van der Waals surface area (Å²) >= 11 is 0. The molecule has 0 radical (unpaired) electrons. The average Bonchev–Trinajstić information content (AvgIpc) is 2.27. The molecule has 0 spiro atoms. The first-order chi connectivity index (χ1) is 9.15. The van der Waals surface area contributed by atoms with Gasteiger partial charge in [0, 0.05) is 11.8 Å². The minimum Gasteiger partial charge on any atom is -0.496 e. The van der Waals surface area contributed by atoms with Crippen LogP contribution in [-0.2, 0) is 11.2 Å². The molecule has 1 N–H and O–H groups in total. The molecular formula is C10H8F5NO4. The molecule has 0 saturated heterocycles. The molecule has 1 aromatic rings. The number of nitrogens with zero attached hydrogens (tertiary/aromatic N) is 1. The topological polar surface area (TPSA) is 68.7 Å². The number of alkyl halides is 5. The minimum atomic E-state index is -5.21. The number of carboxylic acid groups (broad SMARTS) is 1. The third kappa shape index (κ3) is 3.93. The Morgan fingerprint density at radius 3 is 2.45 bits per heavy atom. The number of rotatable bonds is 5. The Bertz CT molecular complexity index is 503. The van der Waals surface area contributed by atoms with Crippen LogP contribution in [0.25, 0.3) is 0 Å². The summed E-state index contributed by atoms with van der Waals surface area (Å²) in [5, 5.41) is 8.59. The molecule has 0 fully saturated rings. The van der Waals surface area contributed by atoms with E-state index < -0.39 is 42.4 Å². The zero-order chi connectivity index (χ0) is 15.5. The van der Waals surface area contributed by atoms with Gasteiger partial charge in [-0.1, -0.05) is 0 Å². The van der Waals surface area contributed by atoms with E-state index in [0.29, 0.717) is 6.20 Å². The normalized spacial score (nSPS) is 11.6. The molecule has 0 bridgehead atoms. The minimum absolute atomic E-state index is 0.287. The molecule has 1 rings (SSSR count). The van der Waals surface area contributed by atoms with Crippen LogP contribution in [0.5, 0.6) is 11.6 Å². The fourth-order valence-electron chi connectivity index (χ4n) is 1.45. The molecule has 20 heavy (non-hydrogen) atoms. The Hall–Kier alpha value is -2.13. The van der Waals surface area contributed by atoms with E-state index in [4.69, 9.17) is 5.11 Å². The van der Waals surface area contributed by atoms with E-state index in [1.54, 1.807) is 0 Å². The fourth-order valence-corrected chi connectivity index (χ4v) is 1.45. The van der Waals surface area contributed by atoms with Gasteiger partial charge in [0.25, 0.3) is 6.43 Å². The van der Waals surface area contributed by atoms with Gasteiger partial charge in [-0.3, -0.25) is 4.79 Å². The standard InChI is InChI=1S/C10H8F5NO4/c1-19-7-4(2-5(17)18)3-16-9(6(7)8(11)12)20-10(13,14)15/h3,8H,2H2,1H3,(H,17,18). The number of carboxylic acids is 1. The van der Waals surface area contributed by atoms with Crippen LogP contribution in [0.2, 0.25) is 0 Å². The molecule has 10 heteroatoms. The molecule has 0 atom stereocenters. The highest BCUT2D eigenvalue weighted by atomic mass is 19.4. The van der Waals surface area contributed by atoms with Crippen LogP contribution >= 0.6 is 0 Å². The summed E-state index contributed by atoms with van der Waals surface area (Å²) in [5.41, 5.74) is -1.53. The Kier molecular flexibility index (Phi) is 4.69. The van der Waals surface area contributed by atoms with Crippen molar-refractivity contribution in [1.29, 1.82) is 0 Å². The van der Waals surface area contributed by atoms with Crippen LogP contribution in [0.3, 0.4) is 0 Å². The Morgan fingerprint density at radius 1 is 1.45 bits per heavy atom. The lowest BCUT2D eigenvalue weighted by Crippen LogP contribution is -2.20. The van der Waals surface area contributed by atoms with E-state index in [2.05, 4.69) is 14.5 Å². The number of methoxy groups -OCH3 is 1. The molecule has 0 unspecified atom stereocenters. The van der Waals surface area contributed by atoms with Crippen molar-refractivity contribution >= 4 is 5.97 Å². The van der Waals surface area contributed by atoms with Gasteiger partial charge in [-0.25, -0.2) is 13.8 Å². The third-order valence-electron chi connectivity index (χ3n) is 2.08. The molecule has 0 aliphatic carbocycles. The van der Waals surface area contributed by atoms with Crippen LogP contribution < -0.4 is 9.47 Å². The lowest BCUT2D eigenvalue weighted by atomic mass is 10.1. The van der Waals surface area contributed by atoms with Crippen molar-refractivity contribution in [1.82, 2.24) is 4.98 Å². The molecule has 1 aromatic heterocycles. The Balaban J connectivity index is 3.37. The first kappa shape index (κ1) is 15.9. The molecule has 0 amide bonds. The van der Waals surface area contributed by atoms with Crippen molar-refractivity contribution in [3.63, 3.8) is 0 Å². The number of carbonyl (C=O) groups is 1. The maximum Gasteiger partial charge on any atom is 0.574 e. The van der Waals surface area contributed by atoms with Crippen LogP contribution in [0.4, 0.5) is 22.0 Å². The maximum absolute atomic E-state index is 12.9. The number of pyridine rings is 1. The van der Waals surface area contributed by atoms with Crippen molar-refractivity contribution < 1.29 is 41.3 Å². The van der Waals surface area contributed by atoms with E-state index in [9.17, 15) is 26.7 Å². The summed E-state index contributed by atoms with van der Waals surface area (Å²) in [5.74, 6) is -3.45. The molecule has 0 saturated carbocycles. The number of hydrogen-bond acceptors (Lipinski definition) is 4. The molecule has 1 heterocycles. The van der Waals surface area contributed by atoms with Gasteiger partial charge >= 0.3 is 12.3 Å². The van der Waals surface area contributed by atoms with Gasteiger partial charge in [-0.15, -0.1) is 13.2 Å². The second kappa shape index (κ2) is 5.88. The van der Waals surface area contributed by atoms with Crippen molar-refractivity contribution in [2.75, 3.05) is 7.11 Å². The van der Waals surface area contributed by atoms with Crippen molar-refractivity contribution in [3.8, 4) is 11.6 Å². The van der Waals surface area contributed by atoms with Gasteiger partial charge in [0.05, 0.1) is 13.5 Å². The van der Waals surface area contributed by atoms with Crippen LogP contribution in [-0.4, -0.2) is 29.5 Å². The monoisotopic (exact) mass is 301 g/mol. The predicted molar refractivity (Wildman–Crippen MR) is 53.8 cm³/mol. The highest BCUT2D eigenvalue weighted by Gasteiger charge is 2.36. The van der Waals surface area contributed by atoms with Gasteiger partial charge in [0.2, 0.25) is 5.88 Å². The Labute approximate surface area is 108 Å². The van der Waals surface area contributed by atoms with Gasteiger partial charge < -0.3 is 14.6 Å². The van der Waals surface area contributed by atoms with E-state index in [0.717, 1.165) is 7.11 Å². The smallest absolute Gasteiger partial charge is 0.496 e. The summed E-state index contributed by atoms with van der Waals surface area (Å²) in [4.78, 5) is 13.6. The molecule has 112 valence electrons. The largest absolute Gasteiger partial charge is 0.574 e. The van der Waals surface area contributed by atoms with E-state index in [-0.39, 0.29) is 5.56 Å². The summed E-state index contributed by atoms with van der Waals surface area (Å²) in [7, 11) is 0.921. The summed E-state index contributed by atoms with van der Waals surface area (Å²) in [6.07, 6.45) is -8.65. The fraction of sp³-hybridized carbons (Fsp3) is 0.400. The molecule has 0 aromatic carbocycles. The second-order valence-electron chi connectivity index (χ2n) is 3.45. The lowest BCUT2D eigenvalue weighted by Gasteiger charge is -2.16. The number of ether oxygens (including phenoxy) is 2. The van der Waals surface area contributed by atoms with Gasteiger partial charge in [0.1, 0.15) is 11.3 Å². The number of aliphatic carboxylic acids is 1. The quantitative estimate of drug-likeness (QED) is 0.846. The maximum atomic E-state index is 12.9. The average molecular weight is 301 g/mol. The molecule has 0 aliphatic rings. The lowest BCUT2D eigenvalue weighted by molar-refractivity contribution is -0.276. The van der Waals surface area contributed by atoms with E-state index in [1.807, 2.05) is 0 Å². The van der Waals surface area contributed by atoms with Gasteiger partial charge in [-0.05, 0) is 0 Å². The predicted octanol–water partition coefficient (Wildman–Crippen LogP) is 2.55. The second-order valence-corrected chi connectivity index (χ2v) is 3.45. The number of aromatic nitrogens is 1. The van der Waals surface area contributed by atoms with Crippen molar-refractivity contribution in [3.05, 3.63) is 17.3 Å². The highest BCUT2D eigenvalue weighted by Crippen LogP contribution is 2.39. The first-order valence-corrected chi connectivity index (χ1v) is 4.97. The van der Waals surface area contributed by atoms with Gasteiger partial charge in [-0.2, -0.15) is 0 Å². The molecule has 0 aliphatic heterocycles. The first-order valence-electron chi connectivity index (χ1n) is 4.97. The highest BCUT2D eigenvalue weighted by molar-refractivity contribution is 5.71. The van der Waals surface area contributed by atoms with E-state index in [1.165, 1.54) is 0 Å². The third-order valence-corrected chi connectivity index (χ3v) is 2.08. The molecular weight excluding hydrogens is 293 g/mol. The Morgan fingerprint density at radius 2 is 2.05 bits per heavy atom. The summed E-state index contributed by atoms with van der Waals surface area (Å²) < 4.78 is 69.9. The summed E-state index contributed by atoms with van der Waals surface area (Å²) in [6.45, 7) is 0. The zero-order valence-corrected chi connectivity index (χ0v) is 9.87.